The summed E-state index contributed by atoms with van der Waals surface area (Å²) in [4.78, 5) is 29.9. The van der Waals surface area contributed by atoms with Crippen LogP contribution in [0.25, 0.3) is 0 Å². The Balaban J connectivity index is 2.01. The number of carbonyl (C=O) groups excluding carboxylic acids is 2. The number of hydrogen-bond acceptors (Lipinski definition) is 6. The third-order valence-electron chi connectivity index (χ3n) is 3.28. The number of morpholine rings is 1. The van der Waals surface area contributed by atoms with Crippen molar-refractivity contribution in [1.29, 1.82) is 0 Å². The summed E-state index contributed by atoms with van der Waals surface area (Å²) in [5.41, 5.74) is 6.78. The number of pyridine rings is 1. The number of anilines is 1. The molecule has 1 atom stereocenters. The number of nitrogen functional groups attached to an aromatic ring is 1. The number of carbonyl (C=O) groups is 2. The summed E-state index contributed by atoms with van der Waals surface area (Å²) in [5, 5.41) is 0. The SMILES string of the molecule is Cc1ncc(N)cc1C(=O)OC(C)C(=O)N1CCOCC1. The van der Waals surface area contributed by atoms with E-state index in [2.05, 4.69) is 4.98 Å². The van der Waals surface area contributed by atoms with Crippen LogP contribution in [0.15, 0.2) is 12.3 Å². The molecule has 1 aliphatic rings. The first-order valence-electron chi connectivity index (χ1n) is 6.78. The molecule has 1 aliphatic heterocycles. The number of aryl methyl sites for hydroxylation is 1. The Morgan fingerprint density at radius 1 is 1.43 bits per heavy atom. The lowest BCUT2D eigenvalue weighted by Gasteiger charge is -2.29. The van der Waals surface area contributed by atoms with Gasteiger partial charge < -0.3 is 20.1 Å². The van der Waals surface area contributed by atoms with E-state index < -0.39 is 12.1 Å². The molecular weight excluding hydrogens is 274 g/mol. The molecule has 1 aromatic rings. The smallest absolute Gasteiger partial charge is 0.340 e. The zero-order valence-electron chi connectivity index (χ0n) is 12.2. The van der Waals surface area contributed by atoms with Crippen LogP contribution < -0.4 is 5.73 Å². The van der Waals surface area contributed by atoms with E-state index in [4.69, 9.17) is 15.2 Å². The van der Waals surface area contributed by atoms with Gasteiger partial charge in [-0.2, -0.15) is 0 Å². The topological polar surface area (TPSA) is 94.8 Å². The second kappa shape index (κ2) is 6.53. The molecule has 2 N–H and O–H groups in total. The van der Waals surface area contributed by atoms with Crippen molar-refractivity contribution in [1.82, 2.24) is 9.88 Å². The molecule has 1 amide bonds. The van der Waals surface area contributed by atoms with Crippen LogP contribution in [0.3, 0.4) is 0 Å². The van der Waals surface area contributed by atoms with E-state index in [-0.39, 0.29) is 11.5 Å². The van der Waals surface area contributed by atoms with Crippen LogP contribution in [0.4, 0.5) is 5.69 Å². The van der Waals surface area contributed by atoms with Crippen LogP contribution in [0, 0.1) is 6.92 Å². The normalized spacial score (nSPS) is 16.4. The molecule has 1 saturated heterocycles. The summed E-state index contributed by atoms with van der Waals surface area (Å²) < 4.78 is 10.4. The summed E-state index contributed by atoms with van der Waals surface area (Å²) in [5.74, 6) is -0.817. The highest BCUT2D eigenvalue weighted by Gasteiger charge is 2.26. The fourth-order valence-corrected chi connectivity index (χ4v) is 2.07. The zero-order valence-corrected chi connectivity index (χ0v) is 12.2. The predicted octanol–water partition coefficient (Wildman–Crippen LogP) is 0.376. The number of esters is 1. The zero-order chi connectivity index (χ0) is 15.4. The van der Waals surface area contributed by atoms with E-state index in [1.807, 2.05) is 0 Å². The molecule has 0 aliphatic carbocycles. The number of rotatable bonds is 3. The van der Waals surface area contributed by atoms with E-state index in [1.165, 1.54) is 12.3 Å². The van der Waals surface area contributed by atoms with Gasteiger partial charge in [0, 0.05) is 13.1 Å². The molecule has 1 unspecified atom stereocenters. The van der Waals surface area contributed by atoms with E-state index in [0.29, 0.717) is 37.7 Å². The van der Waals surface area contributed by atoms with E-state index in [1.54, 1.807) is 18.7 Å². The van der Waals surface area contributed by atoms with Crippen molar-refractivity contribution >= 4 is 17.6 Å². The first kappa shape index (κ1) is 15.2. The third-order valence-corrected chi connectivity index (χ3v) is 3.28. The minimum atomic E-state index is -0.851. The molecule has 7 nitrogen and oxygen atoms in total. The highest BCUT2D eigenvalue weighted by atomic mass is 16.5. The van der Waals surface area contributed by atoms with E-state index >= 15 is 0 Å². The fraction of sp³-hybridized carbons (Fsp3) is 0.500. The lowest BCUT2D eigenvalue weighted by atomic mass is 10.2. The summed E-state index contributed by atoms with van der Waals surface area (Å²) in [6.07, 6.45) is 0.616. The van der Waals surface area contributed by atoms with Crippen LogP contribution in [0.5, 0.6) is 0 Å². The molecule has 2 heterocycles. The fourth-order valence-electron chi connectivity index (χ4n) is 2.07. The molecule has 0 radical (unpaired) electrons. The predicted molar refractivity (Wildman–Crippen MR) is 75.7 cm³/mol. The largest absolute Gasteiger partial charge is 0.449 e. The molecule has 0 spiro atoms. The van der Waals surface area contributed by atoms with Crippen LogP contribution in [-0.2, 0) is 14.3 Å². The Labute approximate surface area is 123 Å². The van der Waals surface area contributed by atoms with E-state index in [0.717, 1.165) is 0 Å². The Hall–Kier alpha value is -2.15. The van der Waals surface area contributed by atoms with Crippen LogP contribution >= 0.6 is 0 Å². The van der Waals surface area contributed by atoms with Gasteiger partial charge in [-0.15, -0.1) is 0 Å². The van der Waals surface area contributed by atoms with Gasteiger partial charge in [0.1, 0.15) is 0 Å². The Bertz CT molecular complexity index is 541. The van der Waals surface area contributed by atoms with Gasteiger partial charge in [-0.3, -0.25) is 9.78 Å². The first-order chi connectivity index (χ1) is 9.99. The van der Waals surface area contributed by atoms with Crippen molar-refractivity contribution in [3.63, 3.8) is 0 Å². The maximum absolute atomic E-state index is 12.2. The third kappa shape index (κ3) is 3.69. The number of nitrogens with zero attached hydrogens (tertiary/aromatic N) is 2. The lowest BCUT2D eigenvalue weighted by molar-refractivity contribution is -0.143. The summed E-state index contributed by atoms with van der Waals surface area (Å²) >= 11 is 0. The standard InChI is InChI=1S/C14H19N3O4/c1-9-12(7-11(15)8-16-9)14(19)21-10(2)13(18)17-3-5-20-6-4-17/h7-8,10H,3-6,15H2,1-2H3. The van der Waals surface area contributed by atoms with Gasteiger partial charge in [0.25, 0.3) is 5.91 Å². The minimum Gasteiger partial charge on any atom is -0.449 e. The summed E-state index contributed by atoms with van der Waals surface area (Å²) in [6, 6.07) is 1.50. The number of ether oxygens (including phenoxy) is 2. The molecule has 1 aromatic heterocycles. The quantitative estimate of drug-likeness (QED) is 0.809. The second-order valence-corrected chi connectivity index (χ2v) is 4.89. The first-order valence-corrected chi connectivity index (χ1v) is 6.78. The molecule has 114 valence electrons. The Morgan fingerprint density at radius 3 is 2.76 bits per heavy atom. The van der Waals surface area contributed by atoms with E-state index in [9.17, 15) is 9.59 Å². The summed E-state index contributed by atoms with van der Waals surface area (Å²) in [6.45, 7) is 5.28. The Kier molecular flexibility index (Phi) is 4.74. The van der Waals surface area contributed by atoms with Crippen LogP contribution in [0.2, 0.25) is 0 Å². The molecule has 0 bridgehead atoms. The van der Waals surface area contributed by atoms with Gasteiger partial charge in [-0.05, 0) is 19.9 Å². The van der Waals surface area contributed by atoms with Crippen LogP contribution in [0.1, 0.15) is 23.0 Å². The molecular formula is C14H19N3O4. The molecule has 0 aromatic carbocycles. The molecule has 2 rings (SSSR count). The highest BCUT2D eigenvalue weighted by molar-refractivity contribution is 5.93. The Morgan fingerprint density at radius 2 is 2.10 bits per heavy atom. The van der Waals surface area contributed by atoms with Crippen LogP contribution in [-0.4, -0.2) is 54.2 Å². The number of aromatic nitrogens is 1. The van der Waals surface area contributed by atoms with Crippen molar-refractivity contribution in [2.24, 2.45) is 0 Å². The van der Waals surface area contributed by atoms with Gasteiger partial charge in [-0.25, -0.2) is 4.79 Å². The average molecular weight is 293 g/mol. The van der Waals surface area contributed by atoms with Gasteiger partial charge in [-0.1, -0.05) is 0 Å². The highest BCUT2D eigenvalue weighted by Crippen LogP contribution is 2.13. The molecule has 7 heteroatoms. The van der Waals surface area contributed by atoms with Gasteiger partial charge in [0.05, 0.1) is 36.4 Å². The van der Waals surface area contributed by atoms with Gasteiger partial charge >= 0.3 is 5.97 Å². The van der Waals surface area contributed by atoms with Crippen molar-refractivity contribution < 1.29 is 19.1 Å². The number of hydrogen-bond donors (Lipinski definition) is 1. The van der Waals surface area contributed by atoms with Gasteiger partial charge in [0.2, 0.25) is 0 Å². The van der Waals surface area contributed by atoms with Crippen molar-refractivity contribution in [3.8, 4) is 0 Å². The maximum Gasteiger partial charge on any atom is 0.340 e. The maximum atomic E-state index is 12.2. The lowest BCUT2D eigenvalue weighted by Crippen LogP contribution is -2.46. The van der Waals surface area contributed by atoms with Crippen molar-refractivity contribution in [2.45, 2.75) is 20.0 Å². The minimum absolute atomic E-state index is 0.221. The second-order valence-electron chi connectivity index (χ2n) is 4.89. The number of nitrogens with two attached hydrogens (primary N) is 1. The monoisotopic (exact) mass is 293 g/mol. The molecule has 1 fully saturated rings. The van der Waals surface area contributed by atoms with Gasteiger partial charge in [0.15, 0.2) is 6.10 Å². The van der Waals surface area contributed by atoms with Crippen molar-refractivity contribution in [3.05, 3.63) is 23.5 Å². The number of amides is 1. The molecule has 21 heavy (non-hydrogen) atoms. The van der Waals surface area contributed by atoms with Crippen molar-refractivity contribution in [2.75, 3.05) is 32.0 Å². The summed E-state index contributed by atoms with van der Waals surface area (Å²) in [7, 11) is 0. The average Bonchev–Trinajstić information content (AvgIpc) is 2.49. The molecule has 0 saturated carbocycles.